The smallest absolute Gasteiger partial charge is 0.349 e. The van der Waals surface area contributed by atoms with E-state index in [2.05, 4.69) is 10.3 Å². The van der Waals surface area contributed by atoms with Gasteiger partial charge in [-0.15, -0.1) is 0 Å². The van der Waals surface area contributed by atoms with Gasteiger partial charge >= 0.3 is 5.63 Å². The van der Waals surface area contributed by atoms with E-state index in [0.29, 0.717) is 10.7 Å². The van der Waals surface area contributed by atoms with Crippen LogP contribution in [-0.2, 0) is 0 Å². The van der Waals surface area contributed by atoms with Gasteiger partial charge in [-0.05, 0) is 47.9 Å². The molecule has 2 heterocycles. The minimum atomic E-state index is -0.668. The molecule has 0 radical (unpaired) electrons. The number of fused-ring (bicyclic) bond motifs is 4. The summed E-state index contributed by atoms with van der Waals surface area (Å²) in [6, 6.07) is 17.1. The molecule has 1 amide bonds. The fraction of sp³-hybridized carbons (Fsp3) is 0.0870. The molecule has 1 N–H and O–H groups in total. The zero-order valence-electron chi connectivity index (χ0n) is 15.8. The first-order chi connectivity index (χ1) is 14.0. The summed E-state index contributed by atoms with van der Waals surface area (Å²) in [5.74, 6) is -0.525. The van der Waals surface area contributed by atoms with Gasteiger partial charge in [-0.2, -0.15) is 0 Å². The van der Waals surface area contributed by atoms with Crippen molar-refractivity contribution in [3.8, 4) is 0 Å². The Bertz CT molecular complexity index is 1460. The normalized spacial score (nSPS) is 11.4. The van der Waals surface area contributed by atoms with E-state index in [0.717, 1.165) is 37.5 Å². The molecule has 2 aromatic heterocycles. The zero-order valence-corrected chi connectivity index (χ0v) is 16.6. The van der Waals surface area contributed by atoms with E-state index in [4.69, 9.17) is 4.42 Å². The predicted octanol–water partition coefficient (Wildman–Crippen LogP) is 5.43. The van der Waals surface area contributed by atoms with Crippen LogP contribution in [0, 0.1) is 13.8 Å². The Morgan fingerprint density at radius 1 is 1.00 bits per heavy atom. The molecule has 5 aromatic rings. The molecule has 0 bridgehead atoms. The number of amides is 1. The Morgan fingerprint density at radius 2 is 1.79 bits per heavy atom. The van der Waals surface area contributed by atoms with Crippen molar-refractivity contribution in [3.63, 3.8) is 0 Å². The van der Waals surface area contributed by atoms with Crippen LogP contribution in [-0.4, -0.2) is 10.9 Å². The monoisotopic (exact) mass is 400 g/mol. The molecule has 0 aliphatic rings. The van der Waals surface area contributed by atoms with Gasteiger partial charge in [0.2, 0.25) is 0 Å². The number of aromatic nitrogens is 1. The zero-order chi connectivity index (χ0) is 20.1. The molecule has 0 unspecified atom stereocenters. The lowest BCUT2D eigenvalue weighted by atomic mass is 10.0. The Kier molecular flexibility index (Phi) is 3.96. The molecule has 0 atom stereocenters. The van der Waals surface area contributed by atoms with Gasteiger partial charge < -0.3 is 4.42 Å². The van der Waals surface area contributed by atoms with E-state index in [1.54, 1.807) is 12.1 Å². The molecule has 0 aliphatic heterocycles. The van der Waals surface area contributed by atoms with Crippen LogP contribution in [0.25, 0.3) is 32.0 Å². The maximum absolute atomic E-state index is 12.9. The highest BCUT2D eigenvalue weighted by Crippen LogP contribution is 2.31. The number of benzene rings is 3. The lowest BCUT2D eigenvalue weighted by Gasteiger charge is -2.05. The van der Waals surface area contributed by atoms with E-state index in [1.165, 1.54) is 11.3 Å². The summed E-state index contributed by atoms with van der Waals surface area (Å²) in [7, 11) is 0. The summed E-state index contributed by atoms with van der Waals surface area (Å²) in [5.41, 5.74) is 2.75. The molecular formula is C23H16N2O3S. The highest BCUT2D eigenvalue weighted by Gasteiger charge is 2.17. The Labute approximate surface area is 169 Å². The van der Waals surface area contributed by atoms with Crippen molar-refractivity contribution >= 4 is 54.3 Å². The summed E-state index contributed by atoms with van der Waals surface area (Å²) in [6.45, 7) is 3.99. The third-order valence-electron chi connectivity index (χ3n) is 5.05. The summed E-state index contributed by atoms with van der Waals surface area (Å²) in [6.07, 6.45) is 0. The van der Waals surface area contributed by atoms with Gasteiger partial charge in [-0.1, -0.05) is 53.8 Å². The standard InChI is InChI=1S/C23H16N2O3S/c1-12-7-8-13(2)20-19(12)24-23(29-20)25-21(26)17-11-16-15-6-4-3-5-14(15)9-10-18(16)28-22(17)27/h3-11H,1-2H3,(H,24,25,26). The summed E-state index contributed by atoms with van der Waals surface area (Å²) in [5, 5.41) is 5.88. The van der Waals surface area contributed by atoms with Gasteiger partial charge in [0.1, 0.15) is 11.1 Å². The maximum Gasteiger partial charge on any atom is 0.349 e. The Morgan fingerprint density at radius 3 is 2.62 bits per heavy atom. The molecule has 0 spiro atoms. The molecule has 0 saturated carbocycles. The number of hydrogen-bond acceptors (Lipinski definition) is 5. The SMILES string of the molecule is Cc1ccc(C)c2sc(NC(=O)c3cc4c(ccc5ccccc54)oc3=O)nc12. The first-order valence-electron chi connectivity index (χ1n) is 9.15. The minimum absolute atomic E-state index is 0.0402. The second-order valence-corrected chi connectivity index (χ2v) is 8.00. The van der Waals surface area contributed by atoms with E-state index in [1.807, 2.05) is 56.3 Å². The second kappa shape index (κ2) is 6.53. The van der Waals surface area contributed by atoms with Crippen LogP contribution in [0.4, 0.5) is 5.13 Å². The molecule has 0 aliphatic carbocycles. The molecule has 3 aromatic carbocycles. The van der Waals surface area contributed by atoms with Gasteiger partial charge in [0.25, 0.3) is 5.91 Å². The molecule has 6 heteroatoms. The number of carbonyl (C=O) groups is 1. The molecule has 0 saturated heterocycles. The number of carbonyl (C=O) groups excluding carboxylic acids is 1. The molecule has 142 valence electrons. The highest BCUT2D eigenvalue weighted by atomic mass is 32.1. The highest BCUT2D eigenvalue weighted by molar-refractivity contribution is 7.22. The summed E-state index contributed by atoms with van der Waals surface area (Å²) >= 11 is 1.40. The molecule has 29 heavy (non-hydrogen) atoms. The van der Waals surface area contributed by atoms with Gasteiger partial charge in [0.05, 0.1) is 10.2 Å². The van der Waals surface area contributed by atoms with Crippen LogP contribution in [0.2, 0.25) is 0 Å². The van der Waals surface area contributed by atoms with Crippen molar-refractivity contribution in [2.24, 2.45) is 0 Å². The van der Waals surface area contributed by atoms with E-state index < -0.39 is 11.5 Å². The maximum atomic E-state index is 12.9. The van der Waals surface area contributed by atoms with E-state index in [9.17, 15) is 9.59 Å². The van der Waals surface area contributed by atoms with Gasteiger partial charge in [0.15, 0.2) is 5.13 Å². The van der Waals surface area contributed by atoms with E-state index in [-0.39, 0.29) is 5.56 Å². The number of nitrogens with one attached hydrogen (secondary N) is 1. The fourth-order valence-corrected chi connectivity index (χ4v) is 4.51. The second-order valence-electron chi connectivity index (χ2n) is 7.00. The Balaban J connectivity index is 1.60. The van der Waals surface area contributed by atoms with Gasteiger partial charge in [-0.3, -0.25) is 10.1 Å². The van der Waals surface area contributed by atoms with Crippen LogP contribution in [0.15, 0.2) is 63.8 Å². The quantitative estimate of drug-likeness (QED) is 0.317. The van der Waals surface area contributed by atoms with Gasteiger partial charge in [-0.25, -0.2) is 9.78 Å². The first-order valence-corrected chi connectivity index (χ1v) is 9.96. The van der Waals surface area contributed by atoms with Crippen molar-refractivity contribution in [1.82, 2.24) is 4.98 Å². The van der Waals surface area contributed by atoms with Crippen LogP contribution < -0.4 is 10.9 Å². The van der Waals surface area contributed by atoms with Crippen molar-refractivity contribution in [2.75, 3.05) is 5.32 Å². The lowest BCUT2D eigenvalue weighted by molar-refractivity contribution is 0.102. The third kappa shape index (κ3) is 2.89. The third-order valence-corrected chi connectivity index (χ3v) is 6.16. The number of aryl methyl sites for hydroxylation is 2. The summed E-state index contributed by atoms with van der Waals surface area (Å²) in [4.78, 5) is 29.8. The number of nitrogens with zero attached hydrogens (tertiary/aromatic N) is 1. The van der Waals surface area contributed by atoms with Crippen molar-refractivity contribution in [1.29, 1.82) is 0 Å². The lowest BCUT2D eigenvalue weighted by Crippen LogP contribution is -2.20. The average Bonchev–Trinajstić information content (AvgIpc) is 3.15. The van der Waals surface area contributed by atoms with Crippen LogP contribution >= 0.6 is 11.3 Å². The fourth-order valence-electron chi connectivity index (χ4n) is 3.51. The first kappa shape index (κ1) is 17.6. The van der Waals surface area contributed by atoms with Crippen molar-refractivity contribution in [3.05, 3.63) is 81.7 Å². The van der Waals surface area contributed by atoms with Crippen molar-refractivity contribution < 1.29 is 9.21 Å². The Hall–Kier alpha value is -3.51. The average molecular weight is 400 g/mol. The topological polar surface area (TPSA) is 72.2 Å². The number of anilines is 1. The largest absolute Gasteiger partial charge is 0.422 e. The molecule has 0 fully saturated rings. The molecule has 5 nitrogen and oxygen atoms in total. The molecular weight excluding hydrogens is 384 g/mol. The van der Waals surface area contributed by atoms with Crippen molar-refractivity contribution in [2.45, 2.75) is 13.8 Å². The van der Waals surface area contributed by atoms with E-state index >= 15 is 0 Å². The summed E-state index contributed by atoms with van der Waals surface area (Å²) < 4.78 is 6.45. The molecule has 5 rings (SSSR count). The minimum Gasteiger partial charge on any atom is -0.422 e. The predicted molar refractivity (Wildman–Crippen MR) is 117 cm³/mol. The van der Waals surface area contributed by atoms with Gasteiger partial charge in [0, 0.05) is 5.39 Å². The number of rotatable bonds is 2. The van der Waals surface area contributed by atoms with Crippen LogP contribution in [0.5, 0.6) is 0 Å². The number of hydrogen-bond donors (Lipinski definition) is 1. The van der Waals surface area contributed by atoms with Crippen LogP contribution in [0.3, 0.4) is 0 Å². The van der Waals surface area contributed by atoms with Crippen LogP contribution in [0.1, 0.15) is 21.5 Å². The number of thiazole rings is 1.